The Bertz CT molecular complexity index is 1860. The summed E-state index contributed by atoms with van der Waals surface area (Å²) >= 11 is 5.72. The van der Waals surface area contributed by atoms with Crippen LogP contribution in [0.15, 0.2) is 127 Å². The number of non-ortho nitro benzene ring substituents is 1. The highest BCUT2D eigenvalue weighted by molar-refractivity contribution is 6.30. The Hall–Kier alpha value is -5.02. The first kappa shape index (κ1) is 49.0. The molecule has 0 atom stereocenters. The molecule has 0 heterocycles. The predicted molar refractivity (Wildman–Crippen MR) is 226 cm³/mol. The normalized spacial score (nSPS) is 10.7. The van der Waals surface area contributed by atoms with Crippen molar-refractivity contribution in [2.75, 3.05) is 0 Å². The summed E-state index contributed by atoms with van der Waals surface area (Å²) in [6.45, 7) is 20.6. The monoisotopic (exact) mass is 792 g/mol. The maximum Gasteiger partial charge on any atom is 0.416 e. The van der Waals surface area contributed by atoms with E-state index in [1.54, 1.807) is 24.3 Å². The third kappa shape index (κ3) is 18.5. The summed E-state index contributed by atoms with van der Waals surface area (Å²) in [5, 5.41) is 21.6. The van der Waals surface area contributed by atoms with Crippen LogP contribution in [0, 0.1) is 20.2 Å². The molecule has 0 fully saturated rings. The Kier molecular flexibility index (Phi) is 21.4. The van der Waals surface area contributed by atoms with Crippen LogP contribution < -0.4 is 0 Å². The van der Waals surface area contributed by atoms with Crippen molar-refractivity contribution in [3.63, 3.8) is 0 Å². The van der Waals surface area contributed by atoms with E-state index in [4.69, 9.17) is 11.6 Å². The zero-order valence-electron chi connectivity index (χ0n) is 34.1. The molecule has 0 aliphatic rings. The molecule has 0 saturated heterocycles. The number of rotatable bonds is 7. The molecular weight excluding hydrogens is 737 g/mol. The first-order valence-corrected chi connectivity index (χ1v) is 19.0. The van der Waals surface area contributed by atoms with Crippen molar-refractivity contribution in [1.82, 2.24) is 0 Å². The number of hydrogen-bond acceptors (Lipinski definition) is 4. The molecule has 5 rings (SSSR count). The fourth-order valence-corrected chi connectivity index (χ4v) is 4.99. The lowest BCUT2D eigenvalue weighted by atomic mass is 10.0. The third-order valence-electron chi connectivity index (χ3n) is 8.43. The highest BCUT2D eigenvalue weighted by atomic mass is 35.5. The number of hydrogen-bond donors (Lipinski definition) is 0. The lowest BCUT2D eigenvalue weighted by Crippen LogP contribution is -2.04. The third-order valence-corrected chi connectivity index (χ3v) is 8.69. The van der Waals surface area contributed by atoms with E-state index in [0.717, 1.165) is 33.8 Å². The number of benzene rings is 5. The molecule has 56 heavy (non-hydrogen) atoms. The van der Waals surface area contributed by atoms with Gasteiger partial charge in [-0.15, -0.1) is 0 Å². The van der Waals surface area contributed by atoms with Gasteiger partial charge in [-0.1, -0.05) is 166 Å². The van der Waals surface area contributed by atoms with Gasteiger partial charge in [-0.25, -0.2) is 0 Å². The maximum absolute atomic E-state index is 12.1. The first-order chi connectivity index (χ1) is 26.1. The van der Waals surface area contributed by atoms with Gasteiger partial charge in [0.15, 0.2) is 0 Å². The molecule has 5 aromatic carbocycles. The minimum absolute atomic E-state index is 0.152. The van der Waals surface area contributed by atoms with Crippen molar-refractivity contribution in [2.24, 2.45) is 0 Å². The van der Waals surface area contributed by atoms with E-state index in [0.29, 0.717) is 17.8 Å². The van der Waals surface area contributed by atoms with E-state index in [-0.39, 0.29) is 33.1 Å². The SMILES string of the molecule is CC(C)c1ccc(C(F)(F)F)cc1.CC(C)c1ccc(Cl)cc1.CC(C)c1ccc([N+](=O)[O-])cc1.CC(C)c1ccccc1.CC(C)c1ccccc1[N+](=O)[O-]. The van der Waals surface area contributed by atoms with Crippen LogP contribution in [-0.4, -0.2) is 9.85 Å². The molecule has 0 radical (unpaired) electrons. The van der Waals surface area contributed by atoms with E-state index in [1.165, 1.54) is 41.5 Å². The molecule has 0 aliphatic heterocycles. The standard InChI is InChI=1S/C10H11F3.C9H11Cl.2C9H11NO2.C9H12/c1-7(2)8-3-5-9(6-4-8)10(11,12)13;1-7(2)8-3-5-9(10)6-4-8;1-7(2)8-3-5-9(6-4-8)10(11)12;1-7(2)8-5-3-4-6-9(8)10(11)12;1-8(2)9-6-4-3-5-7-9/h3-7H,1-2H3;3-7H,1-2H3;2*3-7H,1-2H3;3-8H,1-2H3. The van der Waals surface area contributed by atoms with Gasteiger partial charge in [0.2, 0.25) is 0 Å². The second kappa shape index (κ2) is 24.5. The van der Waals surface area contributed by atoms with E-state index in [1.807, 2.05) is 52.0 Å². The highest BCUT2D eigenvalue weighted by Gasteiger charge is 2.30. The quantitative estimate of drug-likeness (QED) is 0.121. The largest absolute Gasteiger partial charge is 0.416 e. The summed E-state index contributed by atoms with van der Waals surface area (Å²) < 4.78 is 36.4. The first-order valence-electron chi connectivity index (χ1n) is 18.6. The van der Waals surface area contributed by atoms with Crippen LogP contribution in [0.4, 0.5) is 24.5 Å². The number of nitro groups is 2. The molecule has 0 bridgehead atoms. The molecule has 6 nitrogen and oxygen atoms in total. The average molecular weight is 793 g/mol. The topological polar surface area (TPSA) is 86.3 Å². The van der Waals surface area contributed by atoms with E-state index < -0.39 is 11.7 Å². The molecule has 0 unspecified atom stereocenters. The van der Waals surface area contributed by atoms with Gasteiger partial charge < -0.3 is 0 Å². The summed E-state index contributed by atoms with van der Waals surface area (Å²) in [5.74, 6) is 2.14. The van der Waals surface area contributed by atoms with Crippen LogP contribution in [-0.2, 0) is 6.18 Å². The Morgan fingerprint density at radius 3 is 1.14 bits per heavy atom. The van der Waals surface area contributed by atoms with Gasteiger partial charge in [0.1, 0.15) is 0 Å². The number of nitrogens with zero attached hydrogens (tertiary/aromatic N) is 2. The summed E-state index contributed by atoms with van der Waals surface area (Å²) in [4.78, 5) is 20.1. The van der Waals surface area contributed by atoms with Crippen LogP contribution in [0.5, 0.6) is 0 Å². The maximum atomic E-state index is 12.1. The lowest BCUT2D eigenvalue weighted by molar-refractivity contribution is -0.385. The molecule has 302 valence electrons. The van der Waals surface area contributed by atoms with E-state index >= 15 is 0 Å². The average Bonchev–Trinajstić information content (AvgIpc) is 3.16. The minimum atomic E-state index is -4.23. The molecule has 0 aromatic heterocycles. The Labute approximate surface area is 336 Å². The fourth-order valence-electron chi connectivity index (χ4n) is 4.87. The number of halogens is 4. The van der Waals surface area contributed by atoms with E-state index in [9.17, 15) is 33.4 Å². The van der Waals surface area contributed by atoms with Gasteiger partial charge in [-0.2, -0.15) is 13.2 Å². The number of para-hydroxylation sites is 1. The second-order valence-electron chi connectivity index (χ2n) is 14.5. The van der Waals surface area contributed by atoms with Crippen molar-refractivity contribution in [3.05, 3.63) is 186 Å². The molecule has 0 N–H and O–H groups in total. The molecule has 0 saturated carbocycles. The van der Waals surface area contributed by atoms with Crippen molar-refractivity contribution in [2.45, 2.75) is 105 Å². The lowest BCUT2D eigenvalue weighted by Gasteiger charge is -2.09. The van der Waals surface area contributed by atoms with Gasteiger partial charge in [0, 0.05) is 28.8 Å². The summed E-state index contributed by atoms with van der Waals surface area (Å²) in [7, 11) is 0. The highest BCUT2D eigenvalue weighted by Crippen LogP contribution is 2.30. The van der Waals surface area contributed by atoms with Gasteiger partial charge in [0.05, 0.1) is 15.4 Å². The summed E-state index contributed by atoms with van der Waals surface area (Å²) in [5.41, 5.74) is 5.38. The van der Waals surface area contributed by atoms with Gasteiger partial charge in [-0.3, -0.25) is 20.2 Å². The van der Waals surface area contributed by atoms with Gasteiger partial charge in [-0.05, 0) is 76.1 Å². The fraction of sp³-hybridized carbons (Fsp3) is 0.348. The van der Waals surface area contributed by atoms with Crippen LogP contribution >= 0.6 is 11.6 Å². The Morgan fingerprint density at radius 2 is 0.821 bits per heavy atom. The van der Waals surface area contributed by atoms with Crippen LogP contribution in [0.25, 0.3) is 0 Å². The zero-order chi connectivity index (χ0) is 42.6. The van der Waals surface area contributed by atoms with E-state index in [2.05, 4.69) is 77.9 Å². The van der Waals surface area contributed by atoms with Crippen LogP contribution in [0.2, 0.25) is 5.02 Å². The summed E-state index contributed by atoms with van der Waals surface area (Å²) in [6.07, 6.45) is -4.23. The predicted octanol–water partition coefficient (Wildman–Crippen LogP) is 15.5. The Morgan fingerprint density at radius 1 is 0.464 bits per heavy atom. The smallest absolute Gasteiger partial charge is 0.258 e. The molecule has 10 heteroatoms. The molecular formula is C46H56ClF3N2O4. The molecule has 5 aromatic rings. The van der Waals surface area contributed by atoms with Crippen molar-refractivity contribution in [1.29, 1.82) is 0 Å². The van der Waals surface area contributed by atoms with Crippen LogP contribution in [0.1, 0.15) is 132 Å². The minimum Gasteiger partial charge on any atom is -0.258 e. The zero-order valence-corrected chi connectivity index (χ0v) is 34.8. The molecule has 0 spiro atoms. The summed E-state index contributed by atoms with van der Waals surface area (Å²) in [6, 6.07) is 37.3. The second-order valence-corrected chi connectivity index (χ2v) is 15.0. The molecule has 0 aliphatic carbocycles. The Balaban J connectivity index is 0.000000352. The number of alkyl halides is 3. The molecule has 0 amide bonds. The van der Waals surface area contributed by atoms with Crippen molar-refractivity contribution < 1.29 is 23.0 Å². The van der Waals surface area contributed by atoms with Crippen molar-refractivity contribution >= 4 is 23.0 Å². The van der Waals surface area contributed by atoms with Crippen LogP contribution in [0.3, 0.4) is 0 Å². The van der Waals surface area contributed by atoms with Gasteiger partial charge >= 0.3 is 6.18 Å². The van der Waals surface area contributed by atoms with Crippen molar-refractivity contribution in [3.8, 4) is 0 Å². The number of nitro benzene ring substituents is 2. The van der Waals surface area contributed by atoms with Gasteiger partial charge in [0.25, 0.3) is 11.4 Å².